The van der Waals surface area contributed by atoms with Crippen molar-refractivity contribution in [1.29, 1.82) is 0 Å². The SMILES string of the molecule is Cc1ccc(S(=O)(=O)C(S(=O)(=O)C2CCCCC2)S(=O)(=O)C2CCCCC2)cc1. The lowest BCUT2D eigenvalue weighted by atomic mass is 10.0. The Kier molecular flexibility index (Phi) is 6.80. The van der Waals surface area contributed by atoms with Crippen LogP contribution in [0.3, 0.4) is 0 Å². The van der Waals surface area contributed by atoms with Crippen molar-refractivity contribution in [2.75, 3.05) is 0 Å². The van der Waals surface area contributed by atoms with Crippen LogP contribution in [0.25, 0.3) is 0 Å². The minimum absolute atomic E-state index is 0.244. The van der Waals surface area contributed by atoms with Gasteiger partial charge in [0.15, 0.2) is 19.7 Å². The molecule has 0 unspecified atom stereocenters. The van der Waals surface area contributed by atoms with Gasteiger partial charge in [0, 0.05) is 0 Å². The minimum atomic E-state index is -4.61. The van der Waals surface area contributed by atoms with Crippen molar-refractivity contribution in [3.63, 3.8) is 0 Å². The van der Waals surface area contributed by atoms with E-state index in [-0.39, 0.29) is 4.90 Å². The zero-order valence-corrected chi connectivity index (χ0v) is 19.2. The first-order valence-corrected chi connectivity index (χ1v) is 15.1. The van der Waals surface area contributed by atoms with E-state index >= 15 is 0 Å². The Bertz CT molecular complexity index is 964. The Balaban J connectivity index is 2.14. The lowest BCUT2D eigenvalue weighted by molar-refractivity contribution is 0.475. The van der Waals surface area contributed by atoms with Gasteiger partial charge in [-0.15, -0.1) is 0 Å². The summed E-state index contributed by atoms with van der Waals surface area (Å²) in [6.45, 7) is 1.78. The molecule has 0 heterocycles. The Morgan fingerprint density at radius 2 is 1.03 bits per heavy atom. The van der Waals surface area contributed by atoms with Gasteiger partial charge in [-0.25, -0.2) is 25.3 Å². The highest BCUT2D eigenvalue weighted by Crippen LogP contribution is 2.37. The molecule has 164 valence electrons. The van der Waals surface area contributed by atoms with Crippen LogP contribution in [0.15, 0.2) is 29.2 Å². The number of hydrogen-bond acceptors (Lipinski definition) is 6. The first-order chi connectivity index (χ1) is 13.6. The van der Waals surface area contributed by atoms with E-state index in [1.165, 1.54) is 12.1 Å². The van der Waals surface area contributed by atoms with E-state index in [0.29, 0.717) is 51.4 Å². The summed E-state index contributed by atoms with van der Waals surface area (Å²) in [5.74, 6) is 0. The van der Waals surface area contributed by atoms with Crippen LogP contribution in [-0.2, 0) is 29.5 Å². The lowest BCUT2D eigenvalue weighted by Gasteiger charge is -2.30. The Labute approximate surface area is 174 Å². The number of benzene rings is 1. The largest absolute Gasteiger partial charge is 0.267 e. The fourth-order valence-electron chi connectivity index (χ4n) is 4.48. The fraction of sp³-hybridized carbons (Fsp3) is 0.700. The van der Waals surface area contributed by atoms with Gasteiger partial charge >= 0.3 is 0 Å². The third-order valence-corrected chi connectivity index (χ3v) is 16.2. The van der Waals surface area contributed by atoms with E-state index in [1.54, 1.807) is 19.1 Å². The number of aryl methyl sites for hydroxylation is 1. The van der Waals surface area contributed by atoms with Gasteiger partial charge < -0.3 is 0 Å². The normalized spacial score (nSPS) is 20.8. The minimum Gasteiger partial charge on any atom is -0.226 e. The molecule has 0 aliphatic heterocycles. The average Bonchev–Trinajstić information content (AvgIpc) is 2.69. The van der Waals surface area contributed by atoms with E-state index in [0.717, 1.165) is 18.4 Å². The summed E-state index contributed by atoms with van der Waals surface area (Å²) in [5, 5.41) is -1.83. The second-order valence-electron chi connectivity index (χ2n) is 8.34. The van der Waals surface area contributed by atoms with Crippen LogP contribution in [0.2, 0.25) is 0 Å². The van der Waals surface area contributed by atoms with Crippen LogP contribution < -0.4 is 0 Å². The molecular formula is C20H30O6S3. The monoisotopic (exact) mass is 462 g/mol. The van der Waals surface area contributed by atoms with Crippen molar-refractivity contribution in [3.8, 4) is 0 Å². The molecule has 9 heteroatoms. The van der Waals surface area contributed by atoms with Crippen molar-refractivity contribution in [3.05, 3.63) is 29.8 Å². The highest BCUT2D eigenvalue weighted by Gasteiger charge is 2.54. The highest BCUT2D eigenvalue weighted by atomic mass is 32.3. The molecule has 0 radical (unpaired) electrons. The predicted molar refractivity (Wildman–Crippen MR) is 114 cm³/mol. The average molecular weight is 463 g/mol. The van der Waals surface area contributed by atoms with Crippen LogP contribution in [0.5, 0.6) is 0 Å². The molecule has 0 N–H and O–H groups in total. The maximum absolute atomic E-state index is 13.5. The highest BCUT2D eigenvalue weighted by molar-refractivity contribution is 8.24. The van der Waals surface area contributed by atoms with Gasteiger partial charge in [0.25, 0.3) is 3.91 Å². The second-order valence-corrected chi connectivity index (χ2v) is 15.9. The van der Waals surface area contributed by atoms with Crippen LogP contribution in [-0.4, -0.2) is 39.7 Å². The van der Waals surface area contributed by atoms with Gasteiger partial charge in [-0.2, -0.15) is 0 Å². The van der Waals surface area contributed by atoms with Crippen molar-refractivity contribution in [1.82, 2.24) is 0 Å². The Morgan fingerprint density at radius 1 is 0.655 bits per heavy atom. The first-order valence-electron chi connectivity index (χ1n) is 10.3. The van der Waals surface area contributed by atoms with Crippen LogP contribution in [0, 0.1) is 6.92 Å². The molecule has 2 fully saturated rings. The molecule has 1 aromatic rings. The Hall–Kier alpha value is -0.930. The maximum Gasteiger partial charge on any atom is 0.267 e. The summed E-state index contributed by atoms with van der Waals surface area (Å²) in [7, 11) is -13.5. The molecule has 29 heavy (non-hydrogen) atoms. The smallest absolute Gasteiger partial charge is 0.226 e. The molecule has 2 aliphatic carbocycles. The van der Waals surface area contributed by atoms with E-state index in [4.69, 9.17) is 0 Å². The quantitative estimate of drug-likeness (QED) is 0.641. The molecule has 0 saturated heterocycles. The van der Waals surface area contributed by atoms with Crippen molar-refractivity contribution < 1.29 is 25.3 Å². The van der Waals surface area contributed by atoms with E-state index in [2.05, 4.69) is 0 Å². The standard InChI is InChI=1S/C20H30O6S3/c1-16-12-14-19(15-13-16)29(25,26)20(27(21,22)17-8-4-2-5-9-17)28(23,24)18-10-6-3-7-11-18/h12-15,17-18,20H,2-11H2,1H3. The van der Waals surface area contributed by atoms with Gasteiger partial charge in [0.1, 0.15) is 0 Å². The predicted octanol–water partition coefficient (Wildman–Crippen LogP) is 3.55. The van der Waals surface area contributed by atoms with Gasteiger partial charge in [0.2, 0.25) is 9.84 Å². The molecule has 0 aromatic heterocycles. The second kappa shape index (κ2) is 8.67. The van der Waals surface area contributed by atoms with Crippen LogP contribution in [0.1, 0.15) is 69.8 Å². The molecule has 6 nitrogen and oxygen atoms in total. The number of rotatable bonds is 6. The molecule has 0 atom stereocenters. The summed E-state index contributed by atoms with van der Waals surface area (Å²) in [6.07, 6.45) is 5.74. The number of sulfone groups is 3. The molecule has 3 rings (SSSR count). The zero-order chi connectivity index (χ0) is 21.3. The van der Waals surface area contributed by atoms with E-state index in [9.17, 15) is 25.3 Å². The third-order valence-electron chi connectivity index (χ3n) is 6.17. The summed E-state index contributed by atoms with van der Waals surface area (Å²) in [6, 6.07) is 5.74. The first kappa shape index (κ1) is 22.7. The van der Waals surface area contributed by atoms with Crippen LogP contribution in [0.4, 0.5) is 0 Å². The molecule has 0 amide bonds. The summed E-state index contributed by atoms with van der Waals surface area (Å²) < 4.78 is 78.5. The Morgan fingerprint density at radius 3 is 1.41 bits per heavy atom. The molecule has 2 saturated carbocycles. The van der Waals surface area contributed by atoms with Gasteiger partial charge in [0.05, 0.1) is 15.4 Å². The zero-order valence-electron chi connectivity index (χ0n) is 16.8. The van der Waals surface area contributed by atoms with Crippen molar-refractivity contribution in [2.45, 2.75) is 90.4 Å². The summed E-state index contributed by atoms with van der Waals surface area (Å²) >= 11 is 0. The fourth-order valence-corrected chi connectivity index (χ4v) is 14.7. The third kappa shape index (κ3) is 4.56. The molecule has 0 spiro atoms. The lowest BCUT2D eigenvalue weighted by Crippen LogP contribution is -2.47. The van der Waals surface area contributed by atoms with Gasteiger partial charge in [-0.05, 0) is 44.7 Å². The van der Waals surface area contributed by atoms with Crippen molar-refractivity contribution in [2.24, 2.45) is 0 Å². The summed E-state index contributed by atoms with van der Waals surface area (Å²) in [4.78, 5) is -0.244. The maximum atomic E-state index is 13.5. The van der Waals surface area contributed by atoms with Gasteiger partial charge in [-0.3, -0.25) is 0 Å². The molecular weight excluding hydrogens is 432 g/mol. The van der Waals surface area contributed by atoms with Crippen molar-refractivity contribution >= 4 is 29.5 Å². The topological polar surface area (TPSA) is 102 Å². The van der Waals surface area contributed by atoms with E-state index < -0.39 is 43.9 Å². The molecule has 2 aliphatic rings. The van der Waals surface area contributed by atoms with Crippen LogP contribution >= 0.6 is 0 Å². The molecule has 0 bridgehead atoms. The molecule has 1 aromatic carbocycles. The number of hydrogen-bond donors (Lipinski definition) is 0. The van der Waals surface area contributed by atoms with E-state index in [1.807, 2.05) is 0 Å². The summed E-state index contributed by atoms with van der Waals surface area (Å²) in [5.41, 5.74) is 0.811. The van der Waals surface area contributed by atoms with Gasteiger partial charge in [-0.1, -0.05) is 56.2 Å².